The van der Waals surface area contributed by atoms with Crippen LogP contribution in [-0.2, 0) is 112 Å². The maximum Gasteiger partial charge on any atom is 0.326 e. The molecule has 8 rings (SSSR count). The molecule has 42 heteroatoms. The molecule has 0 radical (unpaired) electrons. The Labute approximate surface area is 835 Å². The topological polar surface area (TPSA) is 641 Å². The molecule has 2 aliphatic rings. The monoisotopic (exact) mass is 2000 g/mol. The molecule has 4 aromatic carbocycles. The second-order valence-corrected chi connectivity index (χ2v) is 38.9. The number of carbonyl (C=O) groups excluding carboxylic acids is 16. The number of pyridine rings is 1. The van der Waals surface area contributed by atoms with Crippen LogP contribution >= 0.6 is 11.8 Å². The molecule has 3 heterocycles. The van der Waals surface area contributed by atoms with E-state index < -0.39 is 252 Å². The molecule has 1 saturated carbocycles. The van der Waals surface area contributed by atoms with E-state index in [0.29, 0.717) is 58.6 Å². The van der Waals surface area contributed by atoms with Gasteiger partial charge in [-0.1, -0.05) is 179 Å². The number of amides is 16. The molecule has 143 heavy (non-hydrogen) atoms. The van der Waals surface area contributed by atoms with Crippen molar-refractivity contribution in [1.29, 1.82) is 0 Å². The number of hydrogen-bond donors (Lipinski definition) is 21. The van der Waals surface area contributed by atoms with Crippen LogP contribution in [0.4, 0.5) is 0 Å². The lowest BCUT2D eigenvalue weighted by molar-refractivity contribution is -0.143. The maximum absolute atomic E-state index is 15.5. The number of fused-ring (bicyclic) bond motifs is 1. The van der Waals surface area contributed by atoms with Gasteiger partial charge in [0.15, 0.2) is 0 Å². The van der Waals surface area contributed by atoms with Gasteiger partial charge in [-0.3, -0.25) is 86.5 Å². The van der Waals surface area contributed by atoms with Gasteiger partial charge in [-0.15, -0.1) is 11.8 Å². The van der Waals surface area contributed by atoms with E-state index in [2.05, 4.69) is 84.4 Å². The Bertz CT molecular complexity index is 5380. The first-order valence-corrected chi connectivity index (χ1v) is 49.6. The zero-order valence-electron chi connectivity index (χ0n) is 82.6. The van der Waals surface area contributed by atoms with Crippen molar-refractivity contribution in [3.05, 3.63) is 156 Å². The van der Waals surface area contributed by atoms with Crippen LogP contribution in [0.2, 0.25) is 0 Å². The van der Waals surface area contributed by atoms with Crippen LogP contribution in [0.25, 0.3) is 22.0 Å². The number of aliphatic carboxylic acids is 2. The van der Waals surface area contributed by atoms with Gasteiger partial charge in [0.05, 0.1) is 24.7 Å². The lowest BCUT2D eigenvalue weighted by Crippen LogP contribution is -2.63. The quantitative estimate of drug-likeness (QED) is 0.0298. The first-order chi connectivity index (χ1) is 67.9. The summed E-state index contributed by atoms with van der Waals surface area (Å²) in [6, 6.07) is 6.67. The number of para-hydroxylation sites is 1. The Morgan fingerprint density at radius 1 is 0.503 bits per heavy atom. The highest BCUT2D eigenvalue weighted by Gasteiger charge is 2.43. The van der Waals surface area contributed by atoms with Crippen molar-refractivity contribution in [2.24, 2.45) is 41.1 Å². The summed E-state index contributed by atoms with van der Waals surface area (Å²) >= 11 is 0.676. The normalized spacial score (nSPS) is 23.9. The fourth-order valence-electron chi connectivity index (χ4n) is 16.8. The van der Waals surface area contributed by atoms with Crippen LogP contribution in [0.15, 0.2) is 134 Å². The molecule has 0 bridgehead atoms. The molecule has 6 aromatic rings. The second kappa shape index (κ2) is 56.1. The van der Waals surface area contributed by atoms with E-state index in [1.807, 2.05) is 30.3 Å². The SMILES string of the molecule is CCC(C)[C@@H]1NC(=O)[C@H](Cc2ccc(-c3ccccc3)cc2)NC(=O)[C@H](C(C)C)NC(=O)[C@H](Cc2c[nH]c3ccccc23)NC(=O)[C@H](CC(=O)O)NC(=O)[C@H](Cc2ccc(O)cc2)NC(=O)[C@H](Cc2ccncc2)NC(=O)CSCC(C(=O)N[C@@H](CCCCN)C(=O)O)NC(=O)[C@H](C(C)O)NC(=O)[C@H](C(C)C)NC(=O)[C@H](CC2CCCCC2)NC(=O)[C@H](CC(N)=O)NC(=O)[C@@H](CC(C)C)NC(=O)[C@H](C)N(C)C1=O. The predicted octanol–water partition coefficient (Wildman–Crippen LogP) is 1.91. The Kier molecular flexibility index (Phi) is 44.8. The second-order valence-electron chi connectivity index (χ2n) is 37.9. The molecular formula is C101H139N19O22S. The summed E-state index contributed by atoms with van der Waals surface area (Å²) in [5.74, 6) is -24.1. The zero-order chi connectivity index (χ0) is 105. The van der Waals surface area contributed by atoms with Crippen molar-refractivity contribution in [2.45, 2.75) is 275 Å². The van der Waals surface area contributed by atoms with Crippen molar-refractivity contribution in [2.75, 3.05) is 25.1 Å². The van der Waals surface area contributed by atoms with E-state index >= 15 is 38.4 Å². The van der Waals surface area contributed by atoms with Crippen molar-refractivity contribution < 1.29 is 107 Å². The lowest BCUT2D eigenvalue weighted by atomic mass is 9.84. The minimum absolute atomic E-state index is 0.0423. The highest BCUT2D eigenvalue weighted by molar-refractivity contribution is 8.00. The number of phenolic OH excluding ortho intramolecular Hbond substituents is 1. The number of nitrogens with two attached hydrogens (primary N) is 2. The van der Waals surface area contributed by atoms with Gasteiger partial charge in [0, 0.05) is 68.0 Å². The summed E-state index contributed by atoms with van der Waals surface area (Å²) < 4.78 is 0. The van der Waals surface area contributed by atoms with Gasteiger partial charge < -0.3 is 116 Å². The number of carbonyl (C=O) groups is 18. The lowest BCUT2D eigenvalue weighted by Gasteiger charge is -2.33. The fourth-order valence-corrected chi connectivity index (χ4v) is 17.7. The maximum atomic E-state index is 15.5. The van der Waals surface area contributed by atoms with Gasteiger partial charge in [-0.25, -0.2) is 4.79 Å². The molecule has 2 fully saturated rings. The molecule has 1 saturated heterocycles. The number of carboxylic acid groups (broad SMARTS) is 2. The molecule has 3 unspecified atom stereocenters. The van der Waals surface area contributed by atoms with Crippen molar-refractivity contribution >= 4 is 129 Å². The minimum Gasteiger partial charge on any atom is -0.508 e. The van der Waals surface area contributed by atoms with Crippen molar-refractivity contribution in [3.8, 4) is 16.9 Å². The van der Waals surface area contributed by atoms with Gasteiger partial charge in [-0.2, -0.15) is 0 Å². The summed E-state index contributed by atoms with van der Waals surface area (Å²) in [4.78, 5) is 273. The predicted molar refractivity (Wildman–Crippen MR) is 532 cm³/mol. The molecule has 16 amide bonds. The molecular weight excluding hydrogens is 1860 g/mol. The van der Waals surface area contributed by atoms with Crippen LogP contribution in [-0.4, -0.2) is 264 Å². The fraction of sp³-hybridized carbons (Fsp3) is 0.515. The number of aromatic hydroxyl groups is 1. The number of aliphatic hydroxyl groups excluding tert-OH is 1. The number of carboxylic acids is 2. The molecule has 17 atom stereocenters. The largest absolute Gasteiger partial charge is 0.508 e. The average Bonchev–Trinajstić information content (AvgIpc) is 1.66. The molecule has 23 N–H and O–H groups in total. The number of aromatic amines is 1. The highest BCUT2D eigenvalue weighted by Crippen LogP contribution is 2.29. The number of nitrogens with zero attached hydrogens (tertiary/aromatic N) is 2. The molecule has 2 aromatic heterocycles. The molecule has 0 spiro atoms. The van der Waals surface area contributed by atoms with Crippen LogP contribution < -0.4 is 85.9 Å². The standard InChI is InChI=1S/C101H139N19O22S/c1-12-57(8)85-100(140)120(11)58(9)87(127)108-71(43-54(2)3)88(128)112-77(49-80(103)123)91(131)110-74(44-60-23-15-13-16-24-60)93(133)117-84(56(6)7)98(138)119-86(59(10)121)99(139)115-79(96(136)107-70(101(141)142)29-21-22-40-102)52-143-53-81(124)106-72(47-63-38-41-104-42-39-63)89(129)109-73(46-62-32-36-67(122)37-33-62)90(130)113-78(50-82(125)126)92(132)111-76(48-66-51-105-69-28-20-19-27-68(66)69)95(135)116-83(55(4)5)97(137)114-75(94(134)118-85)45-61-30-34-65(35-31-61)64-25-17-14-18-26-64/h14,17-20,25-28,30-39,41-42,51,54-60,70-79,83-86,105,121-122H,12-13,15-16,21-24,29,40,43-50,52-53,102H2,1-11H3,(H2,103,123)(H,106,124)(H,107,136)(H,108,127)(H,109,129)(H,110,131)(H,111,132)(H,112,128)(H,113,130)(H,114,137)(H,115,139)(H,116,135)(H,117,133)(H,118,134)(H,119,138)(H,125,126)(H,141,142)/t57?,58-,59?,70-,71+,72-,73-,74-,75-,76-,77-,78-,79?,83-,84-,85-,86-/m0/s1. The molecule has 1 aliphatic heterocycles. The van der Waals surface area contributed by atoms with Crippen molar-refractivity contribution in [3.63, 3.8) is 0 Å². The Morgan fingerprint density at radius 2 is 0.965 bits per heavy atom. The first-order valence-electron chi connectivity index (χ1n) is 48.5. The number of aliphatic hydroxyl groups is 1. The van der Waals surface area contributed by atoms with Gasteiger partial charge in [0.1, 0.15) is 96.4 Å². The van der Waals surface area contributed by atoms with Gasteiger partial charge >= 0.3 is 11.9 Å². The average molecular weight is 2000 g/mol. The summed E-state index contributed by atoms with van der Waals surface area (Å²) in [7, 11) is 1.29. The number of thioether (sulfide) groups is 1. The number of unbranched alkanes of at least 4 members (excludes halogenated alkanes) is 1. The zero-order valence-corrected chi connectivity index (χ0v) is 83.4. The van der Waals surface area contributed by atoms with Crippen LogP contribution in [0.5, 0.6) is 5.75 Å². The van der Waals surface area contributed by atoms with Crippen LogP contribution in [0, 0.1) is 29.6 Å². The smallest absolute Gasteiger partial charge is 0.326 e. The van der Waals surface area contributed by atoms with Crippen LogP contribution in [0.3, 0.4) is 0 Å². The number of aromatic nitrogens is 2. The van der Waals surface area contributed by atoms with Crippen LogP contribution in [0.1, 0.15) is 175 Å². The van der Waals surface area contributed by atoms with E-state index in [1.165, 1.54) is 76.6 Å². The third-order valence-corrected chi connectivity index (χ3v) is 26.4. The summed E-state index contributed by atoms with van der Waals surface area (Å²) in [5, 5.41) is 79.9. The van der Waals surface area contributed by atoms with E-state index in [1.54, 1.807) is 96.3 Å². The summed E-state index contributed by atoms with van der Waals surface area (Å²) in [5.41, 5.74) is 15.3. The number of rotatable bonds is 29. The Balaban J connectivity index is 1.22. The van der Waals surface area contributed by atoms with Gasteiger partial charge in [0.25, 0.3) is 0 Å². The molecule has 1 aliphatic carbocycles. The number of primary amides is 1. The Morgan fingerprint density at radius 3 is 1.51 bits per heavy atom. The summed E-state index contributed by atoms with van der Waals surface area (Å²) in [6.45, 7) is 15.7. The van der Waals surface area contributed by atoms with E-state index in [0.717, 1.165) is 42.2 Å². The highest BCUT2D eigenvalue weighted by atomic mass is 32.2. The number of phenols is 1. The van der Waals surface area contributed by atoms with Gasteiger partial charge in [0.2, 0.25) is 94.5 Å². The molecule has 41 nitrogen and oxygen atoms in total. The summed E-state index contributed by atoms with van der Waals surface area (Å²) in [6.07, 6.45) is 3.23. The molecule has 776 valence electrons. The number of hydrogen-bond acceptors (Lipinski definition) is 23. The van der Waals surface area contributed by atoms with E-state index in [-0.39, 0.29) is 81.1 Å². The number of nitrogens with one attached hydrogen (secondary N) is 15. The number of benzene rings is 4. The minimum atomic E-state index is -2.09. The first kappa shape index (κ1) is 114. The van der Waals surface area contributed by atoms with Crippen molar-refractivity contribution in [1.82, 2.24) is 89.3 Å². The van der Waals surface area contributed by atoms with Gasteiger partial charge in [-0.05, 0) is 146 Å². The number of likely N-dealkylation sites (N-methyl/N-ethyl adjacent to an activating group) is 1. The third-order valence-electron chi connectivity index (χ3n) is 25.4. The Hall–Kier alpha value is -13.9. The van der Waals surface area contributed by atoms with E-state index in [9.17, 15) is 68.4 Å². The number of H-pyrrole nitrogens is 1. The third kappa shape index (κ3) is 35.6. The van der Waals surface area contributed by atoms with E-state index in [4.69, 9.17) is 11.5 Å².